The molecule has 0 aromatic carbocycles. The number of alkyl halides is 1. The highest BCUT2D eigenvalue weighted by atomic mass is 35.5. The first-order valence-electron chi connectivity index (χ1n) is 2.94. The third-order valence-electron chi connectivity index (χ3n) is 0.781. The topological polar surface area (TPSA) is 74.6 Å². The Balaban J connectivity index is 0. The van der Waals surface area contributed by atoms with Gasteiger partial charge in [0.1, 0.15) is 0 Å². The molecule has 0 atom stereocenters. The van der Waals surface area contributed by atoms with Crippen LogP contribution < -0.4 is 0 Å². The first kappa shape index (κ1) is 12.9. The summed E-state index contributed by atoms with van der Waals surface area (Å²) in [5.41, 5.74) is 0. The zero-order chi connectivity index (χ0) is 9.28. The highest BCUT2D eigenvalue weighted by Crippen LogP contribution is 1.93. The van der Waals surface area contributed by atoms with Gasteiger partial charge in [-0.3, -0.25) is 9.59 Å². The van der Waals surface area contributed by atoms with Crippen molar-refractivity contribution in [3.8, 4) is 0 Å². The molecule has 0 aliphatic heterocycles. The zero-order valence-electron chi connectivity index (χ0n) is 6.21. The Hall–Kier alpha value is -0.770. The first-order chi connectivity index (χ1) is 5.13. The van der Waals surface area contributed by atoms with E-state index >= 15 is 0 Å². The Morgan fingerprint density at radius 1 is 1.09 bits per heavy atom. The van der Waals surface area contributed by atoms with Crippen molar-refractivity contribution < 1.29 is 19.8 Å². The maximum Gasteiger partial charge on any atom is 0.303 e. The summed E-state index contributed by atoms with van der Waals surface area (Å²) in [6.07, 6.45) is 1.56. The van der Waals surface area contributed by atoms with E-state index in [2.05, 4.69) is 11.6 Å². The smallest absolute Gasteiger partial charge is 0.303 e. The summed E-state index contributed by atoms with van der Waals surface area (Å²) >= 11 is 4.64. The average Bonchev–Trinajstić information content (AvgIpc) is 1.90. The van der Waals surface area contributed by atoms with Crippen LogP contribution >= 0.6 is 11.6 Å². The number of rotatable bonds is 4. The third-order valence-corrected chi connectivity index (χ3v) is 0.781. The minimum Gasteiger partial charge on any atom is -0.481 e. The molecule has 5 heteroatoms. The van der Waals surface area contributed by atoms with Crippen molar-refractivity contribution >= 4 is 23.5 Å². The van der Waals surface area contributed by atoms with Gasteiger partial charge in [-0.25, -0.2) is 0 Å². The van der Waals surface area contributed by atoms with Gasteiger partial charge in [0.2, 0.25) is 0 Å². The van der Waals surface area contributed by atoms with Crippen molar-refractivity contribution in [1.29, 1.82) is 0 Å². The van der Waals surface area contributed by atoms with Crippen LogP contribution in [0.15, 0.2) is 0 Å². The molecule has 0 aliphatic rings. The van der Waals surface area contributed by atoms with Gasteiger partial charge in [-0.05, 0) is 6.42 Å². The zero-order valence-corrected chi connectivity index (χ0v) is 6.97. The van der Waals surface area contributed by atoms with Crippen molar-refractivity contribution in [2.45, 2.75) is 19.3 Å². The quantitative estimate of drug-likeness (QED) is 0.641. The summed E-state index contributed by atoms with van der Waals surface area (Å²) in [5, 5.41) is 16.1. The Morgan fingerprint density at radius 2 is 1.36 bits per heavy atom. The van der Waals surface area contributed by atoms with E-state index in [1.807, 2.05) is 0 Å². The monoisotopic (exact) mass is 182 g/mol. The fourth-order valence-electron chi connectivity index (χ4n) is 0.391. The highest BCUT2D eigenvalue weighted by molar-refractivity contribution is 6.15. The van der Waals surface area contributed by atoms with Crippen LogP contribution in [-0.4, -0.2) is 28.5 Å². The molecular formula is C6H11ClO4. The molecule has 0 aromatic rings. The molecule has 0 heterocycles. The molecule has 2 N–H and O–H groups in total. The molecule has 0 aromatic heterocycles. The standard InChI is InChI=1S/C5H8O4.CH3Cl/c6-4(7)2-1-3-5(8)9;1-2/h1-3H2,(H,6,7)(H,8,9);1H3. The highest BCUT2D eigenvalue weighted by Gasteiger charge is 1.99. The Labute approximate surface area is 69.8 Å². The van der Waals surface area contributed by atoms with Crippen LogP contribution in [-0.2, 0) is 9.59 Å². The van der Waals surface area contributed by atoms with E-state index in [0.717, 1.165) is 0 Å². The minimum atomic E-state index is -0.948. The lowest BCUT2D eigenvalue weighted by atomic mass is 10.2. The summed E-state index contributed by atoms with van der Waals surface area (Å²) in [4.78, 5) is 19.6. The van der Waals surface area contributed by atoms with Crippen molar-refractivity contribution in [3.63, 3.8) is 0 Å². The van der Waals surface area contributed by atoms with E-state index in [-0.39, 0.29) is 19.3 Å². The lowest BCUT2D eigenvalue weighted by Crippen LogP contribution is -1.98. The van der Waals surface area contributed by atoms with Crippen LogP contribution in [0.1, 0.15) is 19.3 Å². The third kappa shape index (κ3) is 17.6. The SMILES string of the molecule is CCl.O=C(O)CCCC(=O)O. The second kappa shape index (κ2) is 9.23. The molecule has 0 spiro atoms. The van der Waals surface area contributed by atoms with E-state index in [4.69, 9.17) is 10.2 Å². The number of halogens is 1. The van der Waals surface area contributed by atoms with Gasteiger partial charge in [0.05, 0.1) is 0 Å². The normalized spacial score (nSPS) is 7.82. The van der Waals surface area contributed by atoms with Crippen molar-refractivity contribution in [1.82, 2.24) is 0 Å². The maximum atomic E-state index is 9.79. The number of hydrogen-bond acceptors (Lipinski definition) is 2. The summed E-state index contributed by atoms with van der Waals surface area (Å²) in [7, 11) is 0. The molecular weight excluding hydrogens is 172 g/mol. The van der Waals surface area contributed by atoms with Gasteiger partial charge in [-0.2, -0.15) is 0 Å². The molecule has 0 unspecified atom stereocenters. The maximum absolute atomic E-state index is 9.79. The average molecular weight is 183 g/mol. The van der Waals surface area contributed by atoms with Gasteiger partial charge in [0, 0.05) is 19.2 Å². The molecule has 0 saturated heterocycles. The van der Waals surface area contributed by atoms with Gasteiger partial charge in [-0.15, -0.1) is 11.6 Å². The predicted octanol–water partition coefficient (Wildman–Crippen LogP) is 1.18. The van der Waals surface area contributed by atoms with E-state index < -0.39 is 11.9 Å². The van der Waals surface area contributed by atoms with Gasteiger partial charge in [0.25, 0.3) is 0 Å². The fraction of sp³-hybridized carbons (Fsp3) is 0.667. The van der Waals surface area contributed by atoms with Crippen LogP contribution in [0, 0.1) is 0 Å². The Kier molecular flexibility index (Phi) is 10.8. The first-order valence-corrected chi connectivity index (χ1v) is 3.70. The van der Waals surface area contributed by atoms with Crippen molar-refractivity contribution in [3.05, 3.63) is 0 Å². The predicted molar refractivity (Wildman–Crippen MR) is 40.9 cm³/mol. The summed E-state index contributed by atoms with van der Waals surface area (Å²) < 4.78 is 0. The molecule has 0 amide bonds. The fourth-order valence-corrected chi connectivity index (χ4v) is 0.391. The number of carboxylic acids is 2. The summed E-state index contributed by atoms with van der Waals surface area (Å²) in [6.45, 7) is 0. The van der Waals surface area contributed by atoms with Gasteiger partial charge < -0.3 is 10.2 Å². The molecule has 0 bridgehead atoms. The number of carboxylic acid groups (broad SMARTS) is 2. The molecule has 0 radical (unpaired) electrons. The Bertz CT molecular complexity index is 110. The van der Waals surface area contributed by atoms with Crippen LogP contribution in [0.5, 0.6) is 0 Å². The van der Waals surface area contributed by atoms with E-state index in [1.54, 1.807) is 0 Å². The largest absolute Gasteiger partial charge is 0.481 e. The van der Waals surface area contributed by atoms with Crippen LogP contribution in [0.3, 0.4) is 0 Å². The summed E-state index contributed by atoms with van der Waals surface area (Å²) in [6, 6.07) is 0. The molecule has 0 rings (SSSR count). The Morgan fingerprint density at radius 3 is 1.55 bits per heavy atom. The van der Waals surface area contributed by atoms with Gasteiger partial charge in [0.15, 0.2) is 0 Å². The lowest BCUT2D eigenvalue weighted by Gasteiger charge is -1.89. The van der Waals surface area contributed by atoms with Gasteiger partial charge >= 0.3 is 11.9 Å². The molecule has 11 heavy (non-hydrogen) atoms. The van der Waals surface area contributed by atoms with Crippen molar-refractivity contribution in [2.24, 2.45) is 0 Å². The van der Waals surface area contributed by atoms with E-state index in [9.17, 15) is 9.59 Å². The second-order valence-electron chi connectivity index (χ2n) is 1.64. The molecule has 0 aliphatic carbocycles. The van der Waals surface area contributed by atoms with Crippen molar-refractivity contribution in [2.75, 3.05) is 6.38 Å². The number of carbonyl (C=O) groups is 2. The van der Waals surface area contributed by atoms with Crippen LogP contribution in [0.25, 0.3) is 0 Å². The molecule has 66 valence electrons. The van der Waals surface area contributed by atoms with Crippen LogP contribution in [0.4, 0.5) is 0 Å². The van der Waals surface area contributed by atoms with Crippen LogP contribution in [0.2, 0.25) is 0 Å². The molecule has 0 saturated carbocycles. The molecule has 4 nitrogen and oxygen atoms in total. The van der Waals surface area contributed by atoms with E-state index in [1.165, 1.54) is 6.38 Å². The lowest BCUT2D eigenvalue weighted by molar-refractivity contribution is -0.138. The number of aliphatic carboxylic acids is 2. The second-order valence-corrected chi connectivity index (χ2v) is 1.64. The molecule has 0 fully saturated rings. The minimum absolute atomic E-state index is 0.0632. The number of hydrogen-bond donors (Lipinski definition) is 2. The van der Waals surface area contributed by atoms with E-state index in [0.29, 0.717) is 0 Å². The summed E-state index contributed by atoms with van der Waals surface area (Å²) in [5.74, 6) is -1.90. The van der Waals surface area contributed by atoms with Gasteiger partial charge in [-0.1, -0.05) is 0 Å².